The Balaban J connectivity index is 0.558. The Morgan fingerprint density at radius 2 is 0.418 bits per heavy atom. The van der Waals surface area contributed by atoms with Gasteiger partial charge in [0.1, 0.15) is 0 Å². The van der Waals surface area contributed by atoms with Gasteiger partial charge in [0.15, 0.2) is 0 Å². The van der Waals surface area contributed by atoms with Gasteiger partial charge >= 0.3 is 0 Å². The second-order valence-electron chi connectivity index (χ2n) is 40.9. The first-order valence-corrected chi connectivity index (χ1v) is 47.3. The predicted molar refractivity (Wildman–Crippen MR) is 419 cm³/mol. The number of hydrogen-bond donors (Lipinski definition) is 0. The molecule has 0 aromatic carbocycles. The van der Waals surface area contributed by atoms with Crippen LogP contribution in [-0.4, -0.2) is 48.1 Å². The Bertz CT molecular complexity index is 2240. The van der Waals surface area contributed by atoms with Crippen molar-refractivity contribution in [3.63, 3.8) is 0 Å². The molecule has 0 N–H and O–H groups in total. The summed E-state index contributed by atoms with van der Waals surface area (Å²) in [7, 11) is 5.38. The van der Waals surface area contributed by atoms with E-state index < -0.39 is 0 Å². The molecule has 6 unspecified atom stereocenters. The summed E-state index contributed by atoms with van der Waals surface area (Å²) in [5, 5.41) is 0. The second kappa shape index (κ2) is 36.3. The SMILES string of the molecule is CN(C1CCCCC1)C1CC(C=C(C2CCC(C3CCCCC3)CC2)C2CCC(C3CCCCC3)CC2)CCC1C1CCC(C2CCC(C3CCC(C4CCC(C=C(C5CCC(C6CCCCC6)CC5)C5CCC(C6CCCCC6)CC5)CC4)C(N(C)C4CCCCC4)C3)CC2)CC1. The minimum Gasteiger partial charge on any atom is -0.300 e. The fourth-order valence-electron chi connectivity index (χ4n) is 30.3. The second-order valence-corrected chi connectivity index (χ2v) is 40.9. The maximum atomic E-state index is 3.14. The topological polar surface area (TPSA) is 6.48 Å². The van der Waals surface area contributed by atoms with E-state index in [0.717, 1.165) is 154 Å². The fraction of sp³-hybridized carbons (Fsp3) is 0.958. The minimum absolute atomic E-state index is 0.826. The predicted octanol–water partition coefficient (Wildman–Crippen LogP) is 27.9. The van der Waals surface area contributed by atoms with Crippen molar-refractivity contribution in [3.05, 3.63) is 23.3 Å². The van der Waals surface area contributed by atoms with Crippen LogP contribution in [0.2, 0.25) is 0 Å². The first-order chi connectivity index (χ1) is 48.4. The van der Waals surface area contributed by atoms with Crippen LogP contribution < -0.4 is 0 Å². The molecule has 15 rings (SSSR count). The molecular weight excluding hydrogens is 1180 g/mol. The van der Waals surface area contributed by atoms with Crippen LogP contribution in [0.3, 0.4) is 0 Å². The average Bonchev–Trinajstić information content (AvgIpc) is 0.809. The Morgan fingerprint density at radius 1 is 0.194 bits per heavy atom. The Labute approximate surface area is 608 Å². The molecule has 0 bridgehead atoms. The molecule has 0 radical (unpaired) electrons. The summed E-state index contributed by atoms with van der Waals surface area (Å²) in [6.45, 7) is 0. The minimum atomic E-state index is 0.826. The molecule has 15 saturated carbocycles. The quantitative estimate of drug-likeness (QED) is 0.126. The van der Waals surface area contributed by atoms with E-state index in [1.54, 1.807) is 244 Å². The maximum absolute atomic E-state index is 3.14. The molecule has 2 nitrogen and oxygen atoms in total. The van der Waals surface area contributed by atoms with Crippen molar-refractivity contribution in [2.75, 3.05) is 14.1 Å². The molecule has 2 heteroatoms. The fourth-order valence-corrected chi connectivity index (χ4v) is 30.3. The lowest BCUT2D eigenvalue weighted by molar-refractivity contribution is -0.00457. The van der Waals surface area contributed by atoms with Gasteiger partial charge in [-0.3, -0.25) is 0 Å². The number of nitrogens with zero attached hydrogens (tertiary/aromatic N) is 2. The van der Waals surface area contributed by atoms with E-state index in [2.05, 4.69) is 47.2 Å². The summed E-state index contributed by atoms with van der Waals surface area (Å²) in [5.41, 5.74) is 4.14. The van der Waals surface area contributed by atoms with Crippen LogP contribution >= 0.6 is 0 Å². The summed E-state index contributed by atoms with van der Waals surface area (Å²) in [6, 6.07) is 3.40. The van der Waals surface area contributed by atoms with E-state index in [0.29, 0.717) is 0 Å². The van der Waals surface area contributed by atoms with Crippen LogP contribution in [0, 0.1) is 130 Å². The third-order valence-electron chi connectivity index (χ3n) is 36.3. The highest BCUT2D eigenvalue weighted by Gasteiger charge is 2.47. The van der Waals surface area contributed by atoms with Crippen molar-refractivity contribution < 1.29 is 0 Å². The molecular formula is C96H162N2. The molecule has 15 aliphatic carbocycles. The Kier molecular flexibility index (Phi) is 27.0. The van der Waals surface area contributed by atoms with Gasteiger partial charge in [-0.25, -0.2) is 0 Å². The van der Waals surface area contributed by atoms with E-state index >= 15 is 0 Å². The number of allylic oxidation sites excluding steroid dienone is 4. The van der Waals surface area contributed by atoms with Gasteiger partial charge in [0.25, 0.3) is 0 Å². The van der Waals surface area contributed by atoms with Gasteiger partial charge in [0, 0.05) is 24.2 Å². The molecule has 15 aliphatic rings. The average molecular weight is 1340 g/mol. The maximum Gasteiger partial charge on any atom is 0.0132 e. The highest BCUT2D eigenvalue weighted by molar-refractivity contribution is 5.18. The van der Waals surface area contributed by atoms with Crippen molar-refractivity contribution in [2.45, 2.75) is 435 Å². The molecule has 556 valence electrons. The van der Waals surface area contributed by atoms with Crippen LogP contribution in [0.25, 0.3) is 0 Å². The highest BCUT2D eigenvalue weighted by Crippen LogP contribution is 2.56. The van der Waals surface area contributed by atoms with E-state index in [9.17, 15) is 0 Å². The van der Waals surface area contributed by atoms with E-state index in [1.807, 2.05) is 0 Å². The normalized spacial score (nSPS) is 42.2. The number of hydrogen-bond acceptors (Lipinski definition) is 2. The van der Waals surface area contributed by atoms with E-state index in [1.165, 1.54) is 167 Å². The van der Waals surface area contributed by atoms with Crippen molar-refractivity contribution in [1.82, 2.24) is 9.80 Å². The molecule has 0 spiro atoms. The molecule has 15 fully saturated rings. The van der Waals surface area contributed by atoms with Gasteiger partial charge in [-0.2, -0.15) is 0 Å². The van der Waals surface area contributed by atoms with Crippen molar-refractivity contribution in [3.8, 4) is 0 Å². The van der Waals surface area contributed by atoms with Gasteiger partial charge in [-0.1, -0.05) is 190 Å². The van der Waals surface area contributed by atoms with Gasteiger partial charge in [0.2, 0.25) is 0 Å². The molecule has 6 atom stereocenters. The zero-order chi connectivity index (χ0) is 66.0. The lowest BCUT2D eigenvalue weighted by Gasteiger charge is -2.51. The summed E-state index contributed by atoms with van der Waals surface area (Å²) in [6.07, 6.45) is 105. The van der Waals surface area contributed by atoms with Crippen LogP contribution in [-0.2, 0) is 0 Å². The smallest absolute Gasteiger partial charge is 0.0132 e. The molecule has 98 heavy (non-hydrogen) atoms. The van der Waals surface area contributed by atoms with Gasteiger partial charge in [-0.05, 0) is 388 Å². The van der Waals surface area contributed by atoms with Crippen molar-refractivity contribution in [2.24, 2.45) is 130 Å². The molecule has 0 amide bonds. The molecule has 0 heterocycles. The monoisotopic (exact) mass is 1340 g/mol. The number of rotatable bonds is 18. The van der Waals surface area contributed by atoms with E-state index in [4.69, 9.17) is 0 Å². The first-order valence-electron chi connectivity index (χ1n) is 47.3. The van der Waals surface area contributed by atoms with E-state index in [-0.39, 0.29) is 0 Å². The van der Waals surface area contributed by atoms with Crippen molar-refractivity contribution in [1.29, 1.82) is 0 Å². The van der Waals surface area contributed by atoms with Gasteiger partial charge in [0.05, 0.1) is 0 Å². The Morgan fingerprint density at radius 3 is 0.755 bits per heavy atom. The first kappa shape index (κ1) is 72.9. The van der Waals surface area contributed by atoms with Crippen LogP contribution in [0.15, 0.2) is 23.3 Å². The zero-order valence-electron chi connectivity index (χ0n) is 65.3. The summed E-state index contributed by atoms with van der Waals surface area (Å²) < 4.78 is 0. The van der Waals surface area contributed by atoms with Crippen LogP contribution in [0.1, 0.15) is 411 Å². The van der Waals surface area contributed by atoms with Crippen molar-refractivity contribution >= 4 is 0 Å². The third kappa shape index (κ3) is 18.3. The Hall–Kier alpha value is -0.600. The molecule has 0 saturated heterocycles. The highest BCUT2D eigenvalue weighted by atomic mass is 15.2. The largest absolute Gasteiger partial charge is 0.300 e. The molecule has 0 aromatic rings. The van der Waals surface area contributed by atoms with Gasteiger partial charge in [-0.15, -0.1) is 0 Å². The lowest BCUT2D eigenvalue weighted by Crippen LogP contribution is -2.51. The summed E-state index contributed by atoms with van der Waals surface area (Å²) in [4.78, 5) is 6.25. The van der Waals surface area contributed by atoms with Crippen LogP contribution in [0.4, 0.5) is 0 Å². The summed E-state index contributed by atoms with van der Waals surface area (Å²) in [5.74, 6) is 21.9. The van der Waals surface area contributed by atoms with Gasteiger partial charge < -0.3 is 9.80 Å². The standard InChI is InChI=1S/C96H162N2/c1-97(89-29-17-7-18-30-89)95-67-70(66-94(86-58-48-77(49-59-86)73-25-13-5-14-26-73)87-60-50-78(51-61-87)74-27-15-6-16-28-74)35-63-91(95)83-52-42-80(43-53-83)79-38-40-81(41-39-79)88-62-64-92(96(68-88)98(2)90-31-19-8-20-32-90)82-36-33-69(34-37-82)65-93(84-54-44-75(45-55-84)71-21-9-3-10-22-71)85-56-46-76(47-57-85)72-23-11-4-12-24-72/h65-66,69-92,95-96H,3-64,67-68H2,1-2H3. The van der Waals surface area contributed by atoms with Crippen LogP contribution in [0.5, 0.6) is 0 Å². The molecule has 0 aromatic heterocycles. The molecule has 0 aliphatic heterocycles. The summed E-state index contributed by atoms with van der Waals surface area (Å²) >= 11 is 0. The zero-order valence-corrected chi connectivity index (χ0v) is 65.3. The lowest BCUT2D eigenvalue weighted by atomic mass is 9.60. The third-order valence-corrected chi connectivity index (χ3v) is 36.3.